The van der Waals surface area contributed by atoms with Crippen LogP contribution in [0.3, 0.4) is 0 Å². The number of carbonyl (C=O) groups is 1. The third kappa shape index (κ3) is 4.26. The van der Waals surface area contributed by atoms with E-state index in [1.165, 1.54) is 17.1 Å². The first kappa shape index (κ1) is 16.9. The summed E-state index contributed by atoms with van der Waals surface area (Å²) in [6.07, 6.45) is -0.494. The van der Waals surface area contributed by atoms with Crippen molar-refractivity contribution in [2.45, 2.75) is 13.8 Å². The number of nitrogens with zero attached hydrogens (tertiary/aromatic N) is 4. The summed E-state index contributed by atoms with van der Waals surface area (Å²) in [5, 5.41) is 16.4. The number of carbonyl (C=O) groups excluding carboxylic acids is 1. The maximum absolute atomic E-state index is 11.8. The monoisotopic (exact) mass is 320 g/mol. The van der Waals surface area contributed by atoms with Crippen LogP contribution < -0.4 is 0 Å². The molecule has 8 nitrogen and oxygen atoms in total. The minimum absolute atomic E-state index is 0.0156. The average Bonchev–Trinajstić information content (AvgIpc) is 2.57. The molecular formula is C15H20N4O4. The second-order valence-corrected chi connectivity index (χ2v) is 5.06. The summed E-state index contributed by atoms with van der Waals surface area (Å²) < 4.78 is 5.13. The highest BCUT2D eigenvalue weighted by molar-refractivity contribution is 6.04. The fraction of sp³-hybridized carbons (Fsp3) is 0.467. The van der Waals surface area contributed by atoms with E-state index in [9.17, 15) is 14.9 Å². The molecule has 0 aliphatic carbocycles. The molecule has 0 spiro atoms. The lowest BCUT2D eigenvalue weighted by Crippen LogP contribution is -2.40. The first-order chi connectivity index (χ1) is 11.0. The van der Waals surface area contributed by atoms with E-state index < -0.39 is 11.0 Å². The quantitative estimate of drug-likeness (QED) is 0.567. The van der Waals surface area contributed by atoms with Gasteiger partial charge >= 0.3 is 6.09 Å². The van der Waals surface area contributed by atoms with Crippen LogP contribution in [0.4, 0.5) is 10.5 Å². The average molecular weight is 320 g/mol. The minimum Gasteiger partial charge on any atom is -0.442 e. The zero-order valence-electron chi connectivity index (χ0n) is 13.3. The van der Waals surface area contributed by atoms with Gasteiger partial charge in [-0.05, 0) is 13.1 Å². The van der Waals surface area contributed by atoms with Gasteiger partial charge in [0.05, 0.1) is 11.5 Å². The highest BCUT2D eigenvalue weighted by Gasteiger charge is 2.23. The van der Waals surface area contributed by atoms with E-state index in [1.807, 2.05) is 0 Å². The van der Waals surface area contributed by atoms with Gasteiger partial charge in [-0.3, -0.25) is 10.1 Å². The molecule has 8 heteroatoms. The molecule has 1 amide bonds. The van der Waals surface area contributed by atoms with Crippen LogP contribution in [0.2, 0.25) is 0 Å². The lowest BCUT2D eigenvalue weighted by molar-refractivity contribution is -0.384. The molecule has 0 bridgehead atoms. The molecule has 0 unspecified atom stereocenters. The summed E-state index contributed by atoms with van der Waals surface area (Å²) in [5.74, 6) is 0. The van der Waals surface area contributed by atoms with E-state index in [4.69, 9.17) is 4.74 Å². The second-order valence-electron chi connectivity index (χ2n) is 5.06. The number of amides is 1. The zero-order valence-corrected chi connectivity index (χ0v) is 13.3. The molecule has 0 atom stereocenters. The Morgan fingerprint density at radius 3 is 2.78 bits per heavy atom. The van der Waals surface area contributed by atoms with Gasteiger partial charge in [0, 0.05) is 24.2 Å². The molecule has 0 radical (unpaired) electrons. The summed E-state index contributed by atoms with van der Waals surface area (Å²) in [6, 6.07) is 6.15. The van der Waals surface area contributed by atoms with Gasteiger partial charge < -0.3 is 9.64 Å². The van der Waals surface area contributed by atoms with Crippen molar-refractivity contribution in [1.82, 2.24) is 9.91 Å². The molecule has 1 aliphatic heterocycles. The Morgan fingerprint density at radius 1 is 1.39 bits per heavy atom. The third-order valence-electron chi connectivity index (χ3n) is 3.70. The number of ether oxygens (including phenoxy) is 1. The van der Waals surface area contributed by atoms with E-state index in [-0.39, 0.29) is 12.3 Å². The summed E-state index contributed by atoms with van der Waals surface area (Å²) in [5.41, 5.74) is 1.07. The van der Waals surface area contributed by atoms with E-state index in [1.54, 1.807) is 12.1 Å². The van der Waals surface area contributed by atoms with Crippen molar-refractivity contribution >= 4 is 17.5 Å². The summed E-state index contributed by atoms with van der Waals surface area (Å²) in [4.78, 5) is 24.4. The van der Waals surface area contributed by atoms with Gasteiger partial charge in [0.25, 0.3) is 5.69 Å². The lowest BCUT2D eigenvalue weighted by atomic mass is 10.1. The van der Waals surface area contributed by atoms with Gasteiger partial charge in [0.1, 0.15) is 12.3 Å². The zero-order chi connectivity index (χ0) is 16.8. The largest absolute Gasteiger partial charge is 0.442 e. The molecule has 1 aliphatic rings. The number of nitro benzene ring substituents is 1. The van der Waals surface area contributed by atoms with Crippen LogP contribution in [0.5, 0.6) is 0 Å². The molecular weight excluding hydrogens is 300 g/mol. The Labute approximate surface area is 134 Å². The molecule has 0 fully saturated rings. The van der Waals surface area contributed by atoms with Crippen LogP contribution in [0.25, 0.3) is 0 Å². The number of cyclic esters (lactones) is 1. The molecule has 1 heterocycles. The predicted octanol–water partition coefficient (Wildman–Crippen LogP) is 2.09. The Bertz CT molecular complexity index is 613. The van der Waals surface area contributed by atoms with Gasteiger partial charge in [-0.2, -0.15) is 10.1 Å². The molecule has 1 aromatic rings. The van der Waals surface area contributed by atoms with E-state index in [0.29, 0.717) is 24.4 Å². The molecule has 0 aromatic heterocycles. The molecule has 0 N–H and O–H groups in total. The third-order valence-corrected chi connectivity index (χ3v) is 3.70. The lowest BCUT2D eigenvalue weighted by Gasteiger charge is -2.26. The van der Waals surface area contributed by atoms with Crippen LogP contribution in [0.15, 0.2) is 29.4 Å². The van der Waals surface area contributed by atoms with Gasteiger partial charge in [0.15, 0.2) is 0 Å². The van der Waals surface area contributed by atoms with Crippen molar-refractivity contribution in [3.8, 4) is 0 Å². The number of benzene rings is 1. The molecule has 2 rings (SSSR count). The van der Waals surface area contributed by atoms with Gasteiger partial charge in [-0.25, -0.2) is 4.79 Å². The fourth-order valence-electron chi connectivity index (χ4n) is 2.28. The number of hydrazone groups is 1. The SMILES string of the molecule is CCN(CC)CCN1N=C(c2cccc([N+](=O)[O-])c2)COC1=O. The standard InChI is InChI=1S/C15H20N4O4/c1-3-17(4-2)8-9-18-15(20)23-11-14(16-18)12-6-5-7-13(10-12)19(21)22/h5-7,10H,3-4,8-9,11H2,1-2H3. The van der Waals surface area contributed by atoms with Crippen molar-refractivity contribution in [3.63, 3.8) is 0 Å². The van der Waals surface area contributed by atoms with Crippen LogP contribution in [-0.4, -0.2) is 59.4 Å². The first-order valence-electron chi connectivity index (χ1n) is 7.54. The number of hydrogen-bond acceptors (Lipinski definition) is 6. The normalized spacial score (nSPS) is 14.7. The number of non-ortho nitro benzene ring substituents is 1. The fourth-order valence-corrected chi connectivity index (χ4v) is 2.28. The Morgan fingerprint density at radius 2 is 2.13 bits per heavy atom. The number of likely N-dealkylation sites (N-methyl/N-ethyl adjacent to an activating group) is 1. The smallest absolute Gasteiger partial charge is 0.430 e. The number of hydrogen-bond donors (Lipinski definition) is 0. The van der Waals surface area contributed by atoms with Crippen LogP contribution in [-0.2, 0) is 4.74 Å². The molecule has 0 saturated carbocycles. The van der Waals surface area contributed by atoms with Gasteiger partial charge in [-0.1, -0.05) is 26.0 Å². The molecule has 124 valence electrons. The topological polar surface area (TPSA) is 88.3 Å². The van der Waals surface area contributed by atoms with Crippen LogP contribution >= 0.6 is 0 Å². The number of rotatable bonds is 7. The first-order valence-corrected chi connectivity index (χ1v) is 7.54. The highest BCUT2D eigenvalue weighted by Crippen LogP contribution is 2.16. The van der Waals surface area contributed by atoms with Crippen molar-refractivity contribution < 1.29 is 14.5 Å². The number of nitro groups is 1. The van der Waals surface area contributed by atoms with E-state index in [0.717, 1.165) is 13.1 Å². The Kier molecular flexibility index (Phi) is 5.64. The molecule has 23 heavy (non-hydrogen) atoms. The summed E-state index contributed by atoms with van der Waals surface area (Å²) in [7, 11) is 0. The van der Waals surface area contributed by atoms with Crippen molar-refractivity contribution in [2.24, 2.45) is 5.10 Å². The second kappa shape index (κ2) is 7.68. The molecule has 0 saturated heterocycles. The van der Waals surface area contributed by atoms with E-state index >= 15 is 0 Å². The summed E-state index contributed by atoms with van der Waals surface area (Å²) >= 11 is 0. The Balaban J connectivity index is 2.15. The highest BCUT2D eigenvalue weighted by atomic mass is 16.6. The summed E-state index contributed by atoms with van der Waals surface area (Å²) in [6.45, 7) is 7.00. The maximum atomic E-state index is 11.8. The maximum Gasteiger partial charge on any atom is 0.430 e. The van der Waals surface area contributed by atoms with Crippen molar-refractivity contribution in [3.05, 3.63) is 39.9 Å². The van der Waals surface area contributed by atoms with Crippen LogP contribution in [0.1, 0.15) is 19.4 Å². The minimum atomic E-state index is -0.494. The predicted molar refractivity (Wildman–Crippen MR) is 85.5 cm³/mol. The van der Waals surface area contributed by atoms with Crippen molar-refractivity contribution in [2.75, 3.05) is 32.8 Å². The van der Waals surface area contributed by atoms with Gasteiger partial charge in [0.2, 0.25) is 0 Å². The van der Waals surface area contributed by atoms with Crippen LogP contribution in [0, 0.1) is 10.1 Å². The van der Waals surface area contributed by atoms with Crippen molar-refractivity contribution in [1.29, 1.82) is 0 Å². The molecule has 1 aromatic carbocycles. The Hall–Kier alpha value is -2.48. The van der Waals surface area contributed by atoms with E-state index in [2.05, 4.69) is 23.8 Å². The van der Waals surface area contributed by atoms with Gasteiger partial charge in [-0.15, -0.1) is 0 Å².